The molecule has 0 aliphatic carbocycles. The summed E-state index contributed by atoms with van der Waals surface area (Å²) >= 11 is 5.22. The summed E-state index contributed by atoms with van der Waals surface area (Å²) in [6.07, 6.45) is -0.228. The highest BCUT2D eigenvalue weighted by Crippen LogP contribution is 2.32. The van der Waals surface area contributed by atoms with Gasteiger partial charge in [0, 0.05) is 13.2 Å². The Morgan fingerprint density at radius 3 is 2.82 bits per heavy atom. The Bertz CT molecular complexity index is 1130. The van der Waals surface area contributed by atoms with E-state index in [9.17, 15) is 10.2 Å². The van der Waals surface area contributed by atoms with E-state index in [1.165, 1.54) is 12.7 Å². The number of benzene rings is 1. The van der Waals surface area contributed by atoms with Crippen LogP contribution in [0.1, 0.15) is 18.2 Å². The fourth-order valence-electron chi connectivity index (χ4n) is 4.06. The van der Waals surface area contributed by atoms with Crippen molar-refractivity contribution in [3.63, 3.8) is 0 Å². The van der Waals surface area contributed by atoms with Gasteiger partial charge in [-0.05, 0) is 24.2 Å². The monoisotopic (exact) mass is 486 g/mol. The molecule has 0 amide bonds. The molecule has 5 atom stereocenters. The molecule has 2 fully saturated rings. The maximum Gasteiger partial charge on any atom is 0.256 e. The van der Waals surface area contributed by atoms with Crippen molar-refractivity contribution in [3.05, 3.63) is 48.5 Å². The zero-order valence-corrected chi connectivity index (χ0v) is 19.1. The van der Waals surface area contributed by atoms with E-state index < -0.39 is 24.5 Å². The largest absolute Gasteiger partial charge is 0.468 e. The Morgan fingerprint density at radius 2 is 2.03 bits per heavy atom. The highest BCUT2D eigenvalue weighted by Gasteiger charge is 2.45. The molecule has 0 bridgehead atoms. The minimum absolute atomic E-state index is 0.0224. The third kappa shape index (κ3) is 4.81. The minimum atomic E-state index is -1.20. The van der Waals surface area contributed by atoms with Crippen molar-refractivity contribution in [2.45, 2.75) is 43.5 Å². The topological polar surface area (TPSA) is 136 Å². The summed E-state index contributed by atoms with van der Waals surface area (Å²) in [6, 6.07) is 9.93. The summed E-state index contributed by atoms with van der Waals surface area (Å²) in [7, 11) is 0. The van der Waals surface area contributed by atoms with Crippen molar-refractivity contribution in [1.82, 2.24) is 24.8 Å². The lowest BCUT2D eigenvalue weighted by Gasteiger charge is -2.17. The lowest BCUT2D eigenvalue weighted by molar-refractivity contribution is -0.0491. The number of fused-ring (bicyclic) bond motifs is 1. The smallest absolute Gasteiger partial charge is 0.256 e. The van der Waals surface area contributed by atoms with E-state index in [4.69, 9.17) is 26.4 Å². The Morgan fingerprint density at radius 1 is 1.18 bits per heavy atom. The molecule has 5 unspecified atom stereocenters. The number of rotatable bonds is 7. The van der Waals surface area contributed by atoms with Crippen LogP contribution in [-0.2, 0) is 20.8 Å². The average molecular weight is 487 g/mol. The predicted molar refractivity (Wildman–Crippen MR) is 126 cm³/mol. The number of hydrogen-bond donors (Lipinski definition) is 4. The minimum Gasteiger partial charge on any atom is -0.468 e. The molecule has 4 heterocycles. The molecule has 2 aliphatic rings. The van der Waals surface area contributed by atoms with Crippen molar-refractivity contribution in [2.24, 2.45) is 0 Å². The highest BCUT2D eigenvalue weighted by molar-refractivity contribution is 7.80. The van der Waals surface area contributed by atoms with Crippen LogP contribution in [0.15, 0.2) is 43.0 Å². The lowest BCUT2D eigenvalue weighted by Crippen LogP contribution is -2.35. The number of aliphatic hydroxyl groups is 2. The molecule has 4 N–H and O–H groups in total. The van der Waals surface area contributed by atoms with Gasteiger partial charge in [0.2, 0.25) is 0 Å². The standard InChI is InChI=1S/C22H26N6O5S/c29-17-15(10-32-22(34)23-8-13-4-2-1-3-5-13)33-21(18(17)30)28-12-26-16-19(24-11-25-20(16)28)27-14-6-7-31-9-14/h1-5,11-12,14-15,17-18,21,29-30H,6-10H2,(H,23,34)(H,24,25,27). The van der Waals surface area contributed by atoms with Crippen molar-refractivity contribution in [1.29, 1.82) is 0 Å². The zero-order valence-electron chi connectivity index (χ0n) is 18.3. The second-order valence-corrected chi connectivity index (χ2v) is 8.61. The third-order valence-corrected chi connectivity index (χ3v) is 6.16. The maximum atomic E-state index is 10.7. The first-order valence-electron chi connectivity index (χ1n) is 11.1. The first-order valence-corrected chi connectivity index (χ1v) is 11.5. The second-order valence-electron chi connectivity index (χ2n) is 8.24. The van der Waals surface area contributed by atoms with E-state index >= 15 is 0 Å². The first kappa shape index (κ1) is 22.9. The number of imidazole rings is 1. The molecule has 0 saturated carbocycles. The van der Waals surface area contributed by atoms with Crippen molar-refractivity contribution in [3.8, 4) is 0 Å². The highest BCUT2D eigenvalue weighted by atomic mass is 32.1. The van der Waals surface area contributed by atoms with E-state index in [0.717, 1.165) is 12.0 Å². The van der Waals surface area contributed by atoms with E-state index in [-0.39, 0.29) is 17.8 Å². The zero-order chi connectivity index (χ0) is 23.5. The second kappa shape index (κ2) is 10.2. The van der Waals surface area contributed by atoms with Crippen LogP contribution in [0.2, 0.25) is 0 Å². The van der Waals surface area contributed by atoms with E-state index in [0.29, 0.717) is 36.7 Å². The number of nitrogens with one attached hydrogen (secondary N) is 2. The lowest BCUT2D eigenvalue weighted by atomic mass is 10.1. The molecular formula is C22H26N6O5S. The van der Waals surface area contributed by atoms with Gasteiger partial charge in [-0.2, -0.15) is 0 Å². The SMILES string of the molecule is OC1C(COC(=S)NCc2ccccc2)OC(n2cnc3c(NC4CCOC4)ncnc32)C1O. The molecule has 5 rings (SSSR count). The fourth-order valence-corrected chi connectivity index (χ4v) is 4.20. The van der Waals surface area contributed by atoms with Crippen LogP contribution in [0.3, 0.4) is 0 Å². The molecular weight excluding hydrogens is 460 g/mol. The van der Waals surface area contributed by atoms with Crippen LogP contribution in [0.5, 0.6) is 0 Å². The van der Waals surface area contributed by atoms with Gasteiger partial charge >= 0.3 is 0 Å². The van der Waals surface area contributed by atoms with Gasteiger partial charge in [-0.1, -0.05) is 30.3 Å². The summed E-state index contributed by atoms with van der Waals surface area (Å²) in [5, 5.41) is 27.7. The number of aliphatic hydroxyl groups excluding tert-OH is 2. The van der Waals surface area contributed by atoms with Gasteiger partial charge < -0.3 is 35.1 Å². The number of thiocarbonyl (C=S) groups is 1. The number of ether oxygens (including phenoxy) is 3. The summed E-state index contributed by atoms with van der Waals surface area (Å²) in [6.45, 7) is 1.80. The van der Waals surface area contributed by atoms with Crippen LogP contribution in [0, 0.1) is 0 Å². The van der Waals surface area contributed by atoms with Crippen molar-refractivity contribution in [2.75, 3.05) is 25.1 Å². The Labute approximate surface area is 201 Å². The molecule has 12 heteroatoms. The van der Waals surface area contributed by atoms with E-state index in [1.807, 2.05) is 30.3 Å². The van der Waals surface area contributed by atoms with Gasteiger partial charge in [0.05, 0.1) is 19.0 Å². The van der Waals surface area contributed by atoms with Crippen LogP contribution >= 0.6 is 12.2 Å². The van der Waals surface area contributed by atoms with Crippen LogP contribution in [0.4, 0.5) is 5.82 Å². The molecule has 180 valence electrons. The number of hydrogen-bond acceptors (Lipinski definition) is 10. The van der Waals surface area contributed by atoms with Crippen molar-refractivity contribution >= 4 is 34.4 Å². The number of nitrogens with zero attached hydrogens (tertiary/aromatic N) is 4. The fraction of sp³-hybridized carbons (Fsp3) is 0.455. The molecule has 1 aromatic carbocycles. The van der Waals surface area contributed by atoms with Crippen LogP contribution in [-0.4, -0.2) is 79.1 Å². The van der Waals surface area contributed by atoms with E-state index in [2.05, 4.69) is 25.6 Å². The molecule has 3 aromatic rings. The van der Waals surface area contributed by atoms with E-state index in [1.54, 1.807) is 4.57 Å². The van der Waals surface area contributed by atoms with Crippen LogP contribution < -0.4 is 10.6 Å². The third-order valence-electron chi connectivity index (χ3n) is 5.90. The summed E-state index contributed by atoms with van der Waals surface area (Å²) < 4.78 is 18.5. The average Bonchev–Trinajstić information content (AvgIpc) is 3.59. The van der Waals surface area contributed by atoms with Gasteiger partial charge in [0.25, 0.3) is 5.17 Å². The molecule has 2 saturated heterocycles. The number of anilines is 1. The quantitative estimate of drug-likeness (QED) is 0.352. The summed E-state index contributed by atoms with van der Waals surface area (Å²) in [5.74, 6) is 0.585. The van der Waals surface area contributed by atoms with Crippen molar-refractivity contribution < 1.29 is 24.4 Å². The molecule has 0 radical (unpaired) electrons. The molecule has 2 aliphatic heterocycles. The van der Waals surface area contributed by atoms with Gasteiger partial charge in [0.15, 0.2) is 23.2 Å². The Hall–Kier alpha value is -2.90. The predicted octanol–water partition coefficient (Wildman–Crippen LogP) is 0.738. The van der Waals surface area contributed by atoms with Gasteiger partial charge in [-0.25, -0.2) is 15.0 Å². The number of aromatic nitrogens is 4. The van der Waals surface area contributed by atoms with Crippen LogP contribution in [0.25, 0.3) is 11.2 Å². The molecule has 34 heavy (non-hydrogen) atoms. The molecule has 2 aromatic heterocycles. The summed E-state index contributed by atoms with van der Waals surface area (Å²) in [5.41, 5.74) is 2.09. The first-order chi connectivity index (χ1) is 16.6. The summed E-state index contributed by atoms with van der Waals surface area (Å²) in [4.78, 5) is 13.0. The normalized spacial score (nSPS) is 26.6. The Balaban J connectivity index is 1.22. The molecule has 11 nitrogen and oxygen atoms in total. The van der Waals surface area contributed by atoms with Gasteiger partial charge in [0.1, 0.15) is 31.2 Å². The maximum absolute atomic E-state index is 10.7. The van der Waals surface area contributed by atoms with Gasteiger partial charge in [-0.3, -0.25) is 4.57 Å². The molecule has 0 spiro atoms. The van der Waals surface area contributed by atoms with Gasteiger partial charge in [-0.15, -0.1) is 0 Å². The Kier molecular flexibility index (Phi) is 6.83.